The summed E-state index contributed by atoms with van der Waals surface area (Å²) in [5.41, 5.74) is 1.31. The highest BCUT2D eigenvalue weighted by atomic mass is 32.1. The van der Waals surface area contributed by atoms with Crippen LogP contribution in [0.2, 0.25) is 0 Å². The first-order valence-corrected chi connectivity index (χ1v) is 6.20. The maximum atomic E-state index is 5.66. The third-order valence-corrected chi connectivity index (χ3v) is 4.15. The molecule has 0 radical (unpaired) electrons. The zero-order valence-electron chi connectivity index (χ0n) is 9.63. The Balaban J connectivity index is 2.57. The van der Waals surface area contributed by atoms with Gasteiger partial charge in [-0.15, -0.1) is 11.3 Å². The minimum absolute atomic E-state index is 0.978. The molecule has 0 saturated heterocycles. The molecule has 2 heterocycles. The van der Waals surface area contributed by atoms with Crippen molar-refractivity contribution in [1.82, 2.24) is 0 Å². The molecule has 0 spiro atoms. The van der Waals surface area contributed by atoms with Crippen LogP contribution in [0.25, 0.3) is 20.2 Å². The van der Waals surface area contributed by atoms with Crippen molar-refractivity contribution < 1.29 is 4.42 Å². The van der Waals surface area contributed by atoms with Gasteiger partial charge in [-0.1, -0.05) is 11.6 Å². The predicted molar refractivity (Wildman–Crippen MR) is 70.2 cm³/mol. The van der Waals surface area contributed by atoms with Gasteiger partial charge in [-0.25, -0.2) is 4.42 Å². The lowest BCUT2D eigenvalue weighted by Crippen LogP contribution is -1.77. The molecule has 0 bridgehead atoms. The fourth-order valence-corrected chi connectivity index (χ4v) is 3.25. The van der Waals surface area contributed by atoms with Crippen LogP contribution < -0.4 is 0 Å². The number of hydrogen-bond donors (Lipinski definition) is 0. The van der Waals surface area contributed by atoms with E-state index in [1.807, 2.05) is 25.2 Å². The summed E-state index contributed by atoms with van der Waals surface area (Å²) in [6.07, 6.45) is 0. The van der Waals surface area contributed by atoms with Crippen molar-refractivity contribution in [3.63, 3.8) is 0 Å². The Bertz CT molecular complexity index is 695. The SMILES string of the molecule is Cc1ccc2sc3c(C)[o+]c(C)cc3c2c1. The first kappa shape index (κ1) is 9.79. The Morgan fingerprint density at radius 3 is 2.62 bits per heavy atom. The largest absolute Gasteiger partial charge is 0.344 e. The lowest BCUT2D eigenvalue weighted by molar-refractivity contribution is 0.495. The van der Waals surface area contributed by atoms with Crippen LogP contribution in [0.5, 0.6) is 0 Å². The average Bonchev–Trinajstić information content (AvgIpc) is 2.57. The third kappa shape index (κ3) is 1.34. The van der Waals surface area contributed by atoms with Crippen molar-refractivity contribution in [3.8, 4) is 0 Å². The predicted octanol–water partition coefficient (Wildman–Crippen LogP) is 4.85. The zero-order valence-corrected chi connectivity index (χ0v) is 10.4. The Morgan fingerprint density at radius 1 is 1.00 bits per heavy atom. The molecule has 0 fully saturated rings. The monoisotopic (exact) mass is 229 g/mol. The van der Waals surface area contributed by atoms with E-state index < -0.39 is 0 Å². The van der Waals surface area contributed by atoms with Gasteiger partial charge in [0.1, 0.15) is 4.70 Å². The van der Waals surface area contributed by atoms with Gasteiger partial charge in [0.05, 0.1) is 13.8 Å². The number of rotatable bonds is 0. The van der Waals surface area contributed by atoms with Crippen LogP contribution in [-0.2, 0) is 0 Å². The van der Waals surface area contributed by atoms with Crippen molar-refractivity contribution in [1.29, 1.82) is 0 Å². The highest BCUT2D eigenvalue weighted by Gasteiger charge is 2.16. The second-order valence-electron chi connectivity index (χ2n) is 4.26. The van der Waals surface area contributed by atoms with Crippen LogP contribution in [0.15, 0.2) is 28.7 Å². The molecule has 2 heteroatoms. The molecule has 3 aromatic rings. The molecule has 1 aromatic carbocycles. The van der Waals surface area contributed by atoms with Crippen molar-refractivity contribution in [3.05, 3.63) is 41.3 Å². The molecule has 0 saturated carbocycles. The minimum Gasteiger partial charge on any atom is -0.217 e. The normalized spacial score (nSPS) is 11.4. The highest BCUT2D eigenvalue weighted by Crippen LogP contribution is 2.36. The summed E-state index contributed by atoms with van der Waals surface area (Å²) in [5, 5.41) is 2.67. The maximum absolute atomic E-state index is 5.66. The second-order valence-corrected chi connectivity index (χ2v) is 5.31. The lowest BCUT2D eigenvalue weighted by Gasteiger charge is -1.92. The Kier molecular flexibility index (Phi) is 2.01. The molecule has 2 aromatic heterocycles. The standard InChI is InChI=1S/C14H13OS/c1-8-4-5-13-11(6-8)12-7-9(2)15-10(3)14(12)16-13/h4-7H,1-3H3/q+1. The average molecular weight is 229 g/mol. The highest BCUT2D eigenvalue weighted by molar-refractivity contribution is 7.26. The lowest BCUT2D eigenvalue weighted by atomic mass is 10.1. The zero-order chi connectivity index (χ0) is 11.3. The van der Waals surface area contributed by atoms with E-state index >= 15 is 0 Å². The number of benzene rings is 1. The third-order valence-electron chi connectivity index (χ3n) is 2.86. The second kappa shape index (κ2) is 3.29. The summed E-state index contributed by atoms with van der Waals surface area (Å²) < 4.78 is 8.27. The van der Waals surface area contributed by atoms with E-state index in [2.05, 4.69) is 31.2 Å². The Hall–Kier alpha value is -1.41. The molecule has 0 aliphatic carbocycles. The topological polar surface area (TPSA) is 11.3 Å². The quantitative estimate of drug-likeness (QED) is 0.501. The van der Waals surface area contributed by atoms with Crippen LogP contribution in [0.4, 0.5) is 0 Å². The van der Waals surface area contributed by atoms with Gasteiger partial charge in [-0.2, -0.15) is 0 Å². The summed E-state index contributed by atoms with van der Waals surface area (Å²) in [6, 6.07) is 8.76. The molecular formula is C14H13OS+. The maximum Gasteiger partial charge on any atom is 0.344 e. The molecule has 1 nitrogen and oxygen atoms in total. The van der Waals surface area contributed by atoms with Crippen LogP contribution in [0.3, 0.4) is 0 Å². The van der Waals surface area contributed by atoms with Gasteiger partial charge in [-0.05, 0) is 19.1 Å². The molecule has 0 atom stereocenters. The molecule has 0 unspecified atom stereocenters. The molecule has 0 aliphatic rings. The van der Waals surface area contributed by atoms with Crippen molar-refractivity contribution in [2.75, 3.05) is 0 Å². The number of aryl methyl sites for hydroxylation is 3. The van der Waals surface area contributed by atoms with Gasteiger partial charge in [0.2, 0.25) is 0 Å². The smallest absolute Gasteiger partial charge is 0.217 e. The molecule has 0 amide bonds. The Labute approximate surface area is 98.3 Å². The van der Waals surface area contributed by atoms with Gasteiger partial charge in [-0.3, -0.25) is 0 Å². The van der Waals surface area contributed by atoms with Crippen molar-refractivity contribution in [2.24, 2.45) is 0 Å². The fourth-order valence-electron chi connectivity index (χ4n) is 2.16. The van der Waals surface area contributed by atoms with Crippen LogP contribution in [0, 0.1) is 20.8 Å². The molecule has 16 heavy (non-hydrogen) atoms. The summed E-state index contributed by atoms with van der Waals surface area (Å²) >= 11 is 1.81. The van der Waals surface area contributed by atoms with E-state index in [0.29, 0.717) is 0 Å². The minimum atomic E-state index is 0.978. The first-order valence-electron chi connectivity index (χ1n) is 5.38. The molecule has 0 aliphatic heterocycles. The van der Waals surface area contributed by atoms with Gasteiger partial charge in [0.25, 0.3) is 0 Å². The molecule has 3 rings (SSSR count). The van der Waals surface area contributed by atoms with E-state index in [9.17, 15) is 0 Å². The van der Waals surface area contributed by atoms with Gasteiger partial charge in [0.15, 0.2) is 0 Å². The number of thiophene rings is 1. The van der Waals surface area contributed by atoms with Gasteiger partial charge >= 0.3 is 11.5 Å². The van der Waals surface area contributed by atoms with E-state index in [0.717, 1.165) is 11.5 Å². The fraction of sp³-hybridized carbons (Fsp3) is 0.214. The molecular weight excluding hydrogens is 216 g/mol. The van der Waals surface area contributed by atoms with Crippen molar-refractivity contribution >= 4 is 31.5 Å². The van der Waals surface area contributed by atoms with E-state index in [1.165, 1.54) is 25.7 Å². The van der Waals surface area contributed by atoms with Gasteiger partial charge < -0.3 is 0 Å². The summed E-state index contributed by atoms with van der Waals surface area (Å²) in [5.74, 6) is 2.00. The van der Waals surface area contributed by atoms with Gasteiger partial charge in [0, 0.05) is 21.5 Å². The van der Waals surface area contributed by atoms with E-state index in [4.69, 9.17) is 4.42 Å². The van der Waals surface area contributed by atoms with E-state index in [1.54, 1.807) is 0 Å². The van der Waals surface area contributed by atoms with Crippen LogP contribution >= 0.6 is 11.3 Å². The molecule has 0 N–H and O–H groups in total. The number of fused-ring (bicyclic) bond motifs is 3. The molecule has 80 valence electrons. The summed E-state index contributed by atoms with van der Waals surface area (Å²) in [7, 11) is 0. The summed E-state index contributed by atoms with van der Waals surface area (Å²) in [4.78, 5) is 0. The van der Waals surface area contributed by atoms with Crippen LogP contribution in [0.1, 0.15) is 17.1 Å². The van der Waals surface area contributed by atoms with Crippen LogP contribution in [-0.4, -0.2) is 0 Å². The Morgan fingerprint density at radius 2 is 1.81 bits per heavy atom. The van der Waals surface area contributed by atoms with Crippen molar-refractivity contribution in [2.45, 2.75) is 20.8 Å². The van der Waals surface area contributed by atoms with E-state index in [-0.39, 0.29) is 0 Å². The number of hydrogen-bond acceptors (Lipinski definition) is 1. The summed E-state index contributed by atoms with van der Waals surface area (Å²) in [6.45, 7) is 6.18. The first-order chi connectivity index (χ1) is 7.65.